The maximum Gasteiger partial charge on any atom is 0.325 e. The molecule has 34 heavy (non-hydrogen) atoms. The van der Waals surface area contributed by atoms with Crippen molar-refractivity contribution in [2.45, 2.75) is 39.1 Å². The van der Waals surface area contributed by atoms with E-state index >= 15 is 0 Å². The van der Waals surface area contributed by atoms with Gasteiger partial charge in [-0.25, -0.2) is 9.79 Å². The Morgan fingerprint density at radius 2 is 1.74 bits per heavy atom. The van der Waals surface area contributed by atoms with Crippen LogP contribution in [0.2, 0.25) is 0 Å². The van der Waals surface area contributed by atoms with Gasteiger partial charge in [-0.2, -0.15) is 0 Å². The first-order chi connectivity index (χ1) is 16.4. The number of fused-ring (bicyclic) bond motifs is 1. The molecule has 2 aromatic carbocycles. The van der Waals surface area contributed by atoms with Gasteiger partial charge in [0.05, 0.1) is 0 Å². The minimum absolute atomic E-state index is 0.280. The monoisotopic (exact) mass is 460 g/mol. The van der Waals surface area contributed by atoms with Crippen molar-refractivity contribution in [2.75, 3.05) is 33.2 Å². The smallest absolute Gasteiger partial charge is 0.325 e. The highest BCUT2D eigenvalue weighted by atomic mass is 16.2. The van der Waals surface area contributed by atoms with E-state index in [-0.39, 0.29) is 5.91 Å². The molecule has 0 aromatic heterocycles. The Balaban J connectivity index is 1.35. The summed E-state index contributed by atoms with van der Waals surface area (Å²) in [5.41, 5.74) is 4.98. The number of nitrogens with zero attached hydrogens (tertiary/aromatic N) is 5. The zero-order valence-corrected chi connectivity index (χ0v) is 20.1. The second-order valence-corrected chi connectivity index (χ2v) is 9.50. The number of aryl methyl sites for hydroxylation is 2. The van der Waals surface area contributed by atoms with Crippen LogP contribution >= 0.6 is 0 Å². The first kappa shape index (κ1) is 22.4. The first-order valence-corrected chi connectivity index (χ1v) is 11.9. The third-order valence-corrected chi connectivity index (χ3v) is 7.08. The van der Waals surface area contributed by atoms with Gasteiger partial charge < -0.3 is 14.7 Å². The number of urea groups is 1. The average molecular weight is 461 g/mol. The summed E-state index contributed by atoms with van der Waals surface area (Å²) in [4.78, 5) is 38.5. The summed E-state index contributed by atoms with van der Waals surface area (Å²) in [6, 6.07) is 15.9. The van der Waals surface area contributed by atoms with Gasteiger partial charge in [0.25, 0.3) is 5.91 Å². The van der Waals surface area contributed by atoms with Crippen LogP contribution in [0.15, 0.2) is 53.5 Å². The molecule has 1 N–H and O–H groups in total. The topological polar surface area (TPSA) is 71.5 Å². The Labute approximate surface area is 200 Å². The van der Waals surface area contributed by atoms with Gasteiger partial charge in [-0.3, -0.25) is 15.0 Å². The molecule has 2 aromatic rings. The third kappa shape index (κ3) is 4.25. The van der Waals surface area contributed by atoms with E-state index in [1.807, 2.05) is 6.07 Å². The number of piperazine rings is 1. The minimum atomic E-state index is -0.525. The van der Waals surface area contributed by atoms with E-state index in [1.165, 1.54) is 21.6 Å². The highest BCUT2D eigenvalue weighted by Gasteiger charge is 2.49. The van der Waals surface area contributed by atoms with E-state index in [4.69, 9.17) is 4.99 Å². The van der Waals surface area contributed by atoms with Crippen LogP contribution in [0.4, 0.5) is 4.79 Å². The fourth-order valence-electron chi connectivity index (χ4n) is 5.09. The molecule has 0 aliphatic carbocycles. The molecule has 8 nitrogen and oxygen atoms in total. The van der Waals surface area contributed by atoms with Crippen LogP contribution in [0.3, 0.4) is 0 Å². The van der Waals surface area contributed by atoms with Gasteiger partial charge in [0.2, 0.25) is 0 Å². The number of guanidine groups is 1. The number of aliphatic imine (C=N–C) groups is 1. The predicted molar refractivity (Wildman–Crippen MR) is 131 cm³/mol. The highest BCUT2D eigenvalue weighted by Crippen LogP contribution is 2.28. The number of carbonyl (C=O) groups is 2. The summed E-state index contributed by atoms with van der Waals surface area (Å²) in [7, 11) is 1.71. The lowest BCUT2D eigenvalue weighted by Crippen LogP contribution is -2.64. The van der Waals surface area contributed by atoms with E-state index in [9.17, 15) is 9.59 Å². The molecule has 3 aliphatic heterocycles. The van der Waals surface area contributed by atoms with Gasteiger partial charge >= 0.3 is 6.03 Å². The molecule has 3 heterocycles. The molecule has 2 unspecified atom stereocenters. The third-order valence-electron chi connectivity index (χ3n) is 7.08. The van der Waals surface area contributed by atoms with Gasteiger partial charge in [0, 0.05) is 46.3 Å². The molecule has 0 radical (unpaired) electrons. The maximum absolute atomic E-state index is 12.9. The SMILES string of the molecule is Cc1cccc(CN2C(N3CCN(Cc4ccccc4C)CC3)=NC3C2C(=O)NC(=O)N3C)c1. The molecule has 3 amide bonds. The summed E-state index contributed by atoms with van der Waals surface area (Å²) < 4.78 is 0. The number of hydrogen-bond acceptors (Lipinski definition) is 6. The molecule has 0 bridgehead atoms. The molecule has 5 rings (SSSR count). The molecular weight excluding hydrogens is 428 g/mol. The van der Waals surface area contributed by atoms with Crippen LogP contribution in [0.25, 0.3) is 0 Å². The van der Waals surface area contributed by atoms with Crippen LogP contribution in [0.5, 0.6) is 0 Å². The van der Waals surface area contributed by atoms with Crippen molar-refractivity contribution in [3.8, 4) is 0 Å². The largest absolute Gasteiger partial charge is 0.340 e. The molecule has 3 aliphatic rings. The number of amides is 3. The molecule has 0 saturated carbocycles. The molecular formula is C26H32N6O2. The van der Waals surface area contributed by atoms with Gasteiger partial charge in [-0.15, -0.1) is 0 Å². The lowest BCUT2D eigenvalue weighted by Gasteiger charge is -2.40. The van der Waals surface area contributed by atoms with Crippen molar-refractivity contribution in [3.63, 3.8) is 0 Å². The first-order valence-electron chi connectivity index (χ1n) is 11.9. The van der Waals surface area contributed by atoms with Crippen molar-refractivity contribution < 1.29 is 9.59 Å². The Kier molecular flexibility index (Phi) is 6.00. The molecule has 178 valence electrons. The van der Waals surface area contributed by atoms with Crippen molar-refractivity contribution in [2.24, 2.45) is 4.99 Å². The lowest BCUT2D eigenvalue weighted by atomic mass is 10.1. The predicted octanol–water partition coefficient (Wildman–Crippen LogP) is 2.17. The van der Waals surface area contributed by atoms with E-state index in [2.05, 4.69) is 76.3 Å². The standard InChI is InChI=1S/C26H32N6O2/c1-18-7-6-9-20(15-18)16-32-22-23(29(3)26(34)28-24(22)33)27-25(32)31-13-11-30(12-14-31)17-21-10-5-4-8-19(21)2/h4-10,15,22-23H,11-14,16-17H2,1-3H3,(H,28,33,34). The second-order valence-electron chi connectivity index (χ2n) is 9.50. The van der Waals surface area contributed by atoms with E-state index in [0.717, 1.165) is 44.2 Å². The molecule has 8 heteroatoms. The van der Waals surface area contributed by atoms with Gasteiger partial charge in [0.1, 0.15) is 0 Å². The summed E-state index contributed by atoms with van der Waals surface area (Å²) in [5, 5.41) is 2.50. The maximum atomic E-state index is 12.9. The van der Waals surface area contributed by atoms with E-state index in [0.29, 0.717) is 6.54 Å². The number of benzene rings is 2. The minimum Gasteiger partial charge on any atom is -0.340 e. The quantitative estimate of drug-likeness (QED) is 0.757. The summed E-state index contributed by atoms with van der Waals surface area (Å²) in [5.74, 6) is 0.529. The number of rotatable bonds is 4. The van der Waals surface area contributed by atoms with Crippen LogP contribution in [-0.4, -0.2) is 82.9 Å². The van der Waals surface area contributed by atoms with E-state index in [1.54, 1.807) is 7.05 Å². The number of imide groups is 1. The Bertz CT molecular complexity index is 1120. The normalized spacial score (nSPS) is 23.1. The molecule has 0 spiro atoms. The van der Waals surface area contributed by atoms with Gasteiger partial charge in [-0.1, -0.05) is 54.1 Å². The van der Waals surface area contributed by atoms with Crippen LogP contribution in [0, 0.1) is 13.8 Å². The summed E-state index contributed by atoms with van der Waals surface area (Å²) in [6.07, 6.45) is -0.508. The van der Waals surface area contributed by atoms with Gasteiger partial charge in [0.15, 0.2) is 18.2 Å². The van der Waals surface area contributed by atoms with Gasteiger partial charge in [-0.05, 0) is 30.5 Å². The van der Waals surface area contributed by atoms with Crippen molar-refractivity contribution >= 4 is 17.9 Å². The highest BCUT2D eigenvalue weighted by molar-refractivity contribution is 6.03. The summed E-state index contributed by atoms with van der Waals surface area (Å²) in [6.45, 7) is 9.22. The second kappa shape index (κ2) is 9.10. The Hall–Kier alpha value is -3.39. The fraction of sp³-hybridized carbons (Fsp3) is 0.423. The number of nitrogens with one attached hydrogen (secondary N) is 1. The Morgan fingerprint density at radius 1 is 0.971 bits per heavy atom. The molecule has 2 saturated heterocycles. The summed E-state index contributed by atoms with van der Waals surface area (Å²) >= 11 is 0. The average Bonchev–Trinajstić information content (AvgIpc) is 3.19. The molecule has 2 fully saturated rings. The number of likely N-dealkylation sites (N-methyl/N-ethyl adjacent to an activating group) is 1. The fourth-order valence-corrected chi connectivity index (χ4v) is 5.09. The van der Waals surface area contributed by atoms with E-state index < -0.39 is 18.2 Å². The zero-order chi connectivity index (χ0) is 23.8. The van der Waals surface area contributed by atoms with Crippen molar-refractivity contribution in [3.05, 3.63) is 70.8 Å². The number of hydrogen-bond donors (Lipinski definition) is 1. The zero-order valence-electron chi connectivity index (χ0n) is 20.1. The van der Waals surface area contributed by atoms with Crippen LogP contribution in [0.1, 0.15) is 22.3 Å². The molecule has 2 atom stereocenters. The lowest BCUT2D eigenvalue weighted by molar-refractivity contribution is -0.127. The number of carbonyl (C=O) groups excluding carboxylic acids is 2. The van der Waals surface area contributed by atoms with Crippen LogP contribution < -0.4 is 5.32 Å². The van der Waals surface area contributed by atoms with Crippen molar-refractivity contribution in [1.29, 1.82) is 0 Å². The Morgan fingerprint density at radius 3 is 2.47 bits per heavy atom. The van der Waals surface area contributed by atoms with Crippen LogP contribution in [-0.2, 0) is 17.9 Å². The van der Waals surface area contributed by atoms with Crippen molar-refractivity contribution in [1.82, 2.24) is 24.9 Å².